The number of carbonyl (C=O) groups is 2. The highest BCUT2D eigenvalue weighted by Gasteiger charge is 2.13. The Hall–Kier alpha value is -2.24. The number of carbonyl (C=O) groups excluding carboxylic acids is 2. The molecule has 0 bridgehead atoms. The van der Waals surface area contributed by atoms with Crippen LogP contribution in [0, 0.1) is 5.92 Å². The first kappa shape index (κ1) is 20.8. The Morgan fingerprint density at radius 2 is 1.80 bits per heavy atom. The van der Waals surface area contributed by atoms with Gasteiger partial charge in [-0.05, 0) is 37.5 Å². The highest BCUT2D eigenvalue weighted by Crippen LogP contribution is 2.28. The maximum atomic E-state index is 12.0. The number of esters is 1. The lowest BCUT2D eigenvalue weighted by molar-refractivity contribution is -0.123. The van der Waals surface area contributed by atoms with Crippen molar-refractivity contribution in [1.29, 1.82) is 0 Å². The van der Waals surface area contributed by atoms with Crippen LogP contribution in [0.1, 0.15) is 50.4 Å². The van der Waals surface area contributed by atoms with Crippen LogP contribution < -0.4 is 14.8 Å². The Bertz CT molecular complexity index is 571. The Morgan fingerprint density at radius 3 is 2.40 bits per heavy atom. The minimum atomic E-state index is -0.460. The van der Waals surface area contributed by atoms with Gasteiger partial charge in [-0.1, -0.05) is 26.7 Å². The fraction of sp³-hybridized carbons (Fsp3) is 0.579. The van der Waals surface area contributed by atoms with Gasteiger partial charge < -0.3 is 19.5 Å². The Morgan fingerprint density at radius 1 is 1.08 bits per heavy atom. The van der Waals surface area contributed by atoms with Gasteiger partial charge in [0.2, 0.25) is 0 Å². The number of benzene rings is 1. The lowest BCUT2D eigenvalue weighted by atomic mass is 10.0. The van der Waals surface area contributed by atoms with Crippen molar-refractivity contribution in [2.75, 3.05) is 20.8 Å². The van der Waals surface area contributed by atoms with Crippen LogP contribution in [-0.4, -0.2) is 38.7 Å². The van der Waals surface area contributed by atoms with Gasteiger partial charge in [-0.2, -0.15) is 0 Å². The summed E-state index contributed by atoms with van der Waals surface area (Å²) < 4.78 is 15.4. The average molecular weight is 351 g/mol. The van der Waals surface area contributed by atoms with Crippen molar-refractivity contribution in [2.45, 2.75) is 46.1 Å². The summed E-state index contributed by atoms with van der Waals surface area (Å²) in [5.41, 5.74) is 0.356. The van der Waals surface area contributed by atoms with E-state index in [2.05, 4.69) is 23.9 Å². The van der Waals surface area contributed by atoms with Gasteiger partial charge in [0.05, 0.1) is 19.8 Å². The molecule has 140 valence electrons. The van der Waals surface area contributed by atoms with Gasteiger partial charge in [0.1, 0.15) is 0 Å². The average Bonchev–Trinajstić information content (AvgIpc) is 2.58. The molecule has 1 aromatic rings. The Labute approximate surface area is 149 Å². The number of amides is 1. The second kappa shape index (κ2) is 10.6. The van der Waals surface area contributed by atoms with E-state index in [1.165, 1.54) is 20.3 Å². The lowest BCUT2D eigenvalue weighted by Gasteiger charge is -2.16. The third-order valence-corrected chi connectivity index (χ3v) is 3.77. The maximum absolute atomic E-state index is 12.0. The first-order chi connectivity index (χ1) is 11.9. The molecule has 0 aliphatic rings. The largest absolute Gasteiger partial charge is 0.493 e. The number of rotatable bonds is 10. The van der Waals surface area contributed by atoms with Crippen LogP contribution in [0.4, 0.5) is 0 Å². The molecule has 0 aliphatic carbocycles. The molecule has 1 aromatic carbocycles. The van der Waals surface area contributed by atoms with Crippen LogP contribution in [0.3, 0.4) is 0 Å². The van der Waals surface area contributed by atoms with Gasteiger partial charge in [0.15, 0.2) is 18.1 Å². The third-order valence-electron chi connectivity index (χ3n) is 3.77. The van der Waals surface area contributed by atoms with Crippen molar-refractivity contribution in [2.24, 2.45) is 5.92 Å². The molecule has 6 heteroatoms. The molecule has 0 aliphatic heterocycles. The molecular formula is C19H29NO5. The van der Waals surface area contributed by atoms with Gasteiger partial charge in [-0.3, -0.25) is 4.79 Å². The predicted octanol–water partition coefficient (Wildman–Crippen LogP) is 3.19. The summed E-state index contributed by atoms with van der Waals surface area (Å²) in [6.45, 7) is 6.26. The number of hydrogen-bond donors (Lipinski definition) is 1. The van der Waals surface area contributed by atoms with Crippen LogP contribution in [0.5, 0.6) is 11.5 Å². The standard InChI is InChI=1S/C19H29NO5/c1-13(2)7-6-8-14(3)20-18(21)12-25-16-10-9-15(19(22)24-5)11-17(16)23-4/h9-11,13-14H,6-8,12H2,1-5H3,(H,20,21)/t14-/m1/s1. The van der Waals surface area contributed by atoms with Crippen molar-refractivity contribution in [3.8, 4) is 11.5 Å². The zero-order valence-electron chi connectivity index (χ0n) is 15.8. The SMILES string of the molecule is COC(=O)c1ccc(OCC(=O)N[C@H](C)CCCC(C)C)c(OC)c1. The van der Waals surface area contributed by atoms with E-state index in [0.717, 1.165) is 19.3 Å². The molecule has 0 aromatic heterocycles. The van der Waals surface area contributed by atoms with E-state index < -0.39 is 5.97 Å². The van der Waals surface area contributed by atoms with Gasteiger partial charge in [0.25, 0.3) is 5.91 Å². The highest BCUT2D eigenvalue weighted by atomic mass is 16.5. The highest BCUT2D eigenvalue weighted by molar-refractivity contribution is 5.90. The molecule has 25 heavy (non-hydrogen) atoms. The molecule has 0 spiro atoms. The number of nitrogens with one attached hydrogen (secondary N) is 1. The van der Waals surface area contributed by atoms with E-state index in [-0.39, 0.29) is 18.6 Å². The van der Waals surface area contributed by atoms with E-state index in [4.69, 9.17) is 9.47 Å². The maximum Gasteiger partial charge on any atom is 0.337 e. The zero-order chi connectivity index (χ0) is 18.8. The summed E-state index contributed by atoms with van der Waals surface area (Å²) in [5.74, 6) is 0.805. The van der Waals surface area contributed by atoms with Crippen LogP contribution >= 0.6 is 0 Å². The fourth-order valence-electron chi connectivity index (χ4n) is 2.40. The van der Waals surface area contributed by atoms with E-state index in [9.17, 15) is 9.59 Å². The van der Waals surface area contributed by atoms with Crippen LogP contribution in [0.2, 0.25) is 0 Å². The van der Waals surface area contributed by atoms with Crippen molar-refractivity contribution in [3.63, 3.8) is 0 Å². The van der Waals surface area contributed by atoms with Crippen LogP contribution in [0.25, 0.3) is 0 Å². The van der Waals surface area contributed by atoms with Gasteiger partial charge in [-0.15, -0.1) is 0 Å². The number of ether oxygens (including phenoxy) is 3. The van der Waals surface area contributed by atoms with Crippen molar-refractivity contribution in [3.05, 3.63) is 23.8 Å². The molecule has 0 fully saturated rings. The molecular weight excluding hydrogens is 322 g/mol. The van der Waals surface area contributed by atoms with Crippen LogP contribution in [0.15, 0.2) is 18.2 Å². The molecule has 6 nitrogen and oxygen atoms in total. The van der Waals surface area contributed by atoms with E-state index in [0.29, 0.717) is 23.0 Å². The number of hydrogen-bond acceptors (Lipinski definition) is 5. The summed E-state index contributed by atoms with van der Waals surface area (Å²) in [6.07, 6.45) is 3.18. The molecule has 0 saturated carbocycles. The predicted molar refractivity (Wildman–Crippen MR) is 96.1 cm³/mol. The third kappa shape index (κ3) is 7.45. The van der Waals surface area contributed by atoms with Crippen molar-refractivity contribution < 1.29 is 23.8 Å². The first-order valence-corrected chi connectivity index (χ1v) is 8.55. The van der Waals surface area contributed by atoms with E-state index in [1.807, 2.05) is 6.92 Å². The van der Waals surface area contributed by atoms with Gasteiger partial charge in [0, 0.05) is 6.04 Å². The zero-order valence-corrected chi connectivity index (χ0v) is 15.8. The Balaban J connectivity index is 2.51. The summed E-state index contributed by atoms with van der Waals surface area (Å²) in [6, 6.07) is 4.78. The monoisotopic (exact) mass is 351 g/mol. The minimum Gasteiger partial charge on any atom is -0.493 e. The van der Waals surface area contributed by atoms with Crippen molar-refractivity contribution in [1.82, 2.24) is 5.32 Å². The van der Waals surface area contributed by atoms with Crippen LogP contribution in [-0.2, 0) is 9.53 Å². The normalized spacial score (nSPS) is 11.8. The summed E-state index contributed by atoms with van der Waals surface area (Å²) >= 11 is 0. The van der Waals surface area contributed by atoms with Gasteiger partial charge >= 0.3 is 5.97 Å². The molecule has 1 N–H and O–H groups in total. The topological polar surface area (TPSA) is 73.9 Å². The number of methoxy groups -OCH3 is 2. The first-order valence-electron chi connectivity index (χ1n) is 8.55. The minimum absolute atomic E-state index is 0.109. The smallest absolute Gasteiger partial charge is 0.337 e. The molecule has 0 radical (unpaired) electrons. The fourth-order valence-corrected chi connectivity index (χ4v) is 2.40. The molecule has 0 saturated heterocycles. The second-order valence-electron chi connectivity index (χ2n) is 6.44. The molecule has 1 amide bonds. The lowest BCUT2D eigenvalue weighted by Crippen LogP contribution is -2.36. The molecule has 1 atom stereocenters. The molecule has 1 rings (SSSR count). The van der Waals surface area contributed by atoms with E-state index in [1.54, 1.807) is 12.1 Å². The summed E-state index contributed by atoms with van der Waals surface area (Å²) in [4.78, 5) is 23.5. The summed E-state index contributed by atoms with van der Waals surface area (Å²) in [7, 11) is 2.78. The molecule has 0 heterocycles. The van der Waals surface area contributed by atoms with Crippen molar-refractivity contribution >= 4 is 11.9 Å². The van der Waals surface area contributed by atoms with Gasteiger partial charge in [-0.25, -0.2) is 4.79 Å². The summed E-state index contributed by atoms with van der Waals surface area (Å²) in [5, 5.41) is 2.92. The quantitative estimate of drug-likeness (QED) is 0.655. The van der Waals surface area contributed by atoms with E-state index >= 15 is 0 Å². The second-order valence-corrected chi connectivity index (χ2v) is 6.44. The Kier molecular flexibility index (Phi) is 8.81. The molecule has 0 unspecified atom stereocenters.